The first-order chi connectivity index (χ1) is 19.8. The number of aromatic nitrogens is 2. The Morgan fingerprint density at radius 2 is 1.93 bits per heavy atom. The summed E-state index contributed by atoms with van der Waals surface area (Å²) < 4.78 is 5.89. The zero-order valence-corrected chi connectivity index (χ0v) is 24.4. The van der Waals surface area contributed by atoms with Gasteiger partial charge >= 0.3 is 6.03 Å². The van der Waals surface area contributed by atoms with Crippen molar-refractivity contribution < 1.29 is 14.3 Å². The molecule has 3 amide bonds. The second-order valence-corrected chi connectivity index (χ2v) is 12.7. The van der Waals surface area contributed by atoms with Crippen LogP contribution in [0.3, 0.4) is 0 Å². The molecule has 1 saturated carbocycles. The fourth-order valence-corrected chi connectivity index (χ4v) is 7.04. The highest BCUT2D eigenvalue weighted by Gasteiger charge is 2.60. The Balaban J connectivity index is 1.27. The molecule has 2 aromatic carbocycles. The van der Waals surface area contributed by atoms with Crippen LogP contribution in [0.15, 0.2) is 48.5 Å². The largest absolute Gasteiger partial charge is 0.491 e. The summed E-state index contributed by atoms with van der Waals surface area (Å²) >= 11 is 1.49. The first-order valence-electron chi connectivity index (χ1n) is 14.3. The van der Waals surface area contributed by atoms with Crippen molar-refractivity contribution in [3.8, 4) is 11.8 Å². The molecule has 1 spiro atoms. The average Bonchev–Trinajstić information content (AvgIpc) is 3.66. The molecule has 10 heteroatoms. The molecule has 0 radical (unpaired) electrons. The minimum atomic E-state index is -1.03. The summed E-state index contributed by atoms with van der Waals surface area (Å²) in [7, 11) is 0. The maximum atomic E-state index is 14.3. The van der Waals surface area contributed by atoms with Crippen LogP contribution in [0.2, 0.25) is 0 Å². The van der Waals surface area contributed by atoms with Crippen LogP contribution in [-0.2, 0) is 17.9 Å². The van der Waals surface area contributed by atoms with Gasteiger partial charge in [0.2, 0.25) is 0 Å². The minimum absolute atomic E-state index is 0.0276. The van der Waals surface area contributed by atoms with E-state index >= 15 is 0 Å². The maximum absolute atomic E-state index is 14.3. The lowest BCUT2D eigenvalue weighted by atomic mass is 9.81. The number of amides is 3. The van der Waals surface area contributed by atoms with Gasteiger partial charge in [-0.1, -0.05) is 29.5 Å². The Morgan fingerprint density at radius 1 is 1.12 bits per heavy atom. The summed E-state index contributed by atoms with van der Waals surface area (Å²) in [6.45, 7) is 7.61. The third kappa shape index (κ3) is 5.32. The monoisotopic (exact) mass is 570 g/mol. The van der Waals surface area contributed by atoms with Gasteiger partial charge in [-0.3, -0.25) is 19.5 Å². The second-order valence-electron chi connectivity index (χ2n) is 11.6. The van der Waals surface area contributed by atoms with Crippen LogP contribution in [0.25, 0.3) is 0 Å². The van der Waals surface area contributed by atoms with E-state index in [1.54, 1.807) is 23.1 Å². The number of nitrogens with zero attached hydrogens (tertiary/aromatic N) is 6. The van der Waals surface area contributed by atoms with Crippen LogP contribution in [-0.4, -0.2) is 56.2 Å². The molecule has 9 nitrogen and oxygen atoms in total. The van der Waals surface area contributed by atoms with Crippen LogP contribution in [0, 0.1) is 11.3 Å². The molecule has 2 saturated heterocycles. The van der Waals surface area contributed by atoms with Gasteiger partial charge < -0.3 is 4.74 Å². The molecule has 3 aliphatic rings. The van der Waals surface area contributed by atoms with Crippen LogP contribution >= 0.6 is 11.3 Å². The van der Waals surface area contributed by atoms with Crippen LogP contribution in [0.5, 0.6) is 5.75 Å². The molecule has 3 aromatic rings. The molecule has 1 unspecified atom stereocenters. The SMILES string of the molecule is CC(C)Oc1cccc(CN2CCC3(C[C@@H]2C)C(=O)N(Cc2nnc(C4CC4)s2)C(=O)N3c2cccc(C#N)c2)c1. The fourth-order valence-electron chi connectivity index (χ4n) is 6.03. The number of hydrogen-bond acceptors (Lipinski definition) is 8. The lowest BCUT2D eigenvalue weighted by molar-refractivity contribution is -0.133. The van der Waals surface area contributed by atoms with Crippen molar-refractivity contribution in [1.29, 1.82) is 5.26 Å². The molecule has 1 aromatic heterocycles. The third-order valence-corrected chi connectivity index (χ3v) is 9.22. The molecule has 6 rings (SSSR count). The number of piperidine rings is 1. The fraction of sp³-hybridized carbons (Fsp3) is 0.452. The number of anilines is 1. The van der Waals surface area contributed by atoms with Crippen molar-refractivity contribution in [1.82, 2.24) is 20.0 Å². The van der Waals surface area contributed by atoms with Crippen molar-refractivity contribution in [3.05, 3.63) is 69.7 Å². The van der Waals surface area contributed by atoms with E-state index in [1.807, 2.05) is 32.0 Å². The third-order valence-electron chi connectivity index (χ3n) is 8.15. The van der Waals surface area contributed by atoms with Crippen molar-refractivity contribution in [2.75, 3.05) is 11.4 Å². The van der Waals surface area contributed by atoms with Crippen molar-refractivity contribution in [3.63, 3.8) is 0 Å². The smallest absolute Gasteiger partial charge is 0.332 e. The lowest BCUT2D eigenvalue weighted by Gasteiger charge is -2.45. The lowest BCUT2D eigenvalue weighted by Crippen LogP contribution is -2.59. The normalized spacial score (nSPS) is 23.0. The Labute approximate surface area is 244 Å². The summed E-state index contributed by atoms with van der Waals surface area (Å²) in [5.41, 5.74) is 1.12. The number of hydrogen-bond donors (Lipinski definition) is 0. The zero-order chi connectivity index (χ0) is 28.7. The van der Waals surface area contributed by atoms with Gasteiger partial charge in [0.15, 0.2) is 0 Å². The summed E-state index contributed by atoms with van der Waals surface area (Å²) in [6.07, 6.45) is 3.30. The molecular weight excluding hydrogens is 536 g/mol. The summed E-state index contributed by atoms with van der Waals surface area (Å²) in [5.74, 6) is 1.10. The molecule has 41 heavy (non-hydrogen) atoms. The van der Waals surface area contributed by atoms with E-state index in [0.717, 1.165) is 35.7 Å². The zero-order valence-electron chi connectivity index (χ0n) is 23.6. The number of benzene rings is 2. The van der Waals surface area contributed by atoms with Crippen LogP contribution in [0.1, 0.15) is 73.5 Å². The standard InChI is InChI=1S/C31H34N6O3S/c1-20(2)40-26-9-5-7-23(15-26)18-35-13-12-31(16-21(35)3)29(38)36(19-27-33-34-28(41-27)24-10-11-24)30(39)37(31)25-8-4-6-22(14-25)17-32/h4-9,14-15,20-21,24H,10-13,16,18-19H2,1-3H3/t21-,31?/m0/s1. The summed E-state index contributed by atoms with van der Waals surface area (Å²) in [5, 5.41) is 19.8. The van der Waals surface area contributed by atoms with Gasteiger partial charge in [0.1, 0.15) is 21.3 Å². The first kappa shape index (κ1) is 27.4. The van der Waals surface area contributed by atoms with Gasteiger partial charge in [0.05, 0.1) is 24.3 Å². The van der Waals surface area contributed by atoms with E-state index in [1.165, 1.54) is 16.2 Å². The number of carbonyl (C=O) groups is 2. The minimum Gasteiger partial charge on any atom is -0.491 e. The quantitative estimate of drug-likeness (QED) is 0.331. The van der Waals surface area contributed by atoms with Crippen molar-refractivity contribution in [2.45, 2.75) is 83.1 Å². The Hall–Kier alpha value is -3.81. The van der Waals surface area contributed by atoms with Gasteiger partial charge in [0, 0.05) is 30.7 Å². The van der Waals surface area contributed by atoms with E-state index in [0.29, 0.717) is 41.6 Å². The average molecular weight is 571 g/mol. The molecule has 3 heterocycles. The number of nitriles is 1. The molecule has 0 N–H and O–H groups in total. The molecule has 2 atom stereocenters. The predicted molar refractivity (Wildman–Crippen MR) is 156 cm³/mol. The molecule has 212 valence electrons. The molecule has 2 aliphatic heterocycles. The number of urea groups is 1. The topological polar surface area (TPSA) is 103 Å². The number of imide groups is 1. The van der Waals surface area contributed by atoms with Gasteiger partial charge in [0.25, 0.3) is 5.91 Å². The Morgan fingerprint density at radius 3 is 2.66 bits per heavy atom. The molecule has 1 aliphatic carbocycles. The van der Waals surface area contributed by atoms with Gasteiger partial charge in [-0.2, -0.15) is 5.26 Å². The number of ether oxygens (including phenoxy) is 1. The van der Waals surface area contributed by atoms with E-state index in [4.69, 9.17) is 4.74 Å². The van der Waals surface area contributed by atoms with E-state index in [-0.39, 0.29) is 30.6 Å². The molecule has 0 bridgehead atoms. The highest BCUT2D eigenvalue weighted by molar-refractivity contribution is 7.11. The summed E-state index contributed by atoms with van der Waals surface area (Å²) in [6, 6.07) is 16.9. The Bertz CT molecular complexity index is 1510. The van der Waals surface area contributed by atoms with E-state index < -0.39 is 5.54 Å². The van der Waals surface area contributed by atoms with E-state index in [2.05, 4.69) is 40.2 Å². The number of carbonyl (C=O) groups excluding carboxylic acids is 2. The van der Waals surface area contributed by atoms with Gasteiger partial charge in [-0.05, 0) is 82.3 Å². The van der Waals surface area contributed by atoms with E-state index in [9.17, 15) is 14.9 Å². The van der Waals surface area contributed by atoms with Crippen LogP contribution < -0.4 is 9.64 Å². The number of rotatable bonds is 8. The highest BCUT2D eigenvalue weighted by atomic mass is 32.1. The van der Waals surface area contributed by atoms with Gasteiger partial charge in [-0.25, -0.2) is 4.79 Å². The first-order valence-corrected chi connectivity index (χ1v) is 15.1. The summed E-state index contributed by atoms with van der Waals surface area (Å²) in [4.78, 5) is 33.6. The predicted octanol–water partition coefficient (Wildman–Crippen LogP) is 5.47. The Kier molecular flexibility index (Phi) is 7.26. The maximum Gasteiger partial charge on any atom is 0.332 e. The van der Waals surface area contributed by atoms with Crippen LogP contribution in [0.4, 0.5) is 10.5 Å². The highest BCUT2D eigenvalue weighted by Crippen LogP contribution is 2.45. The molecular formula is C31H34N6O3S. The second kappa shape index (κ2) is 10.9. The van der Waals surface area contributed by atoms with Crippen molar-refractivity contribution >= 4 is 29.0 Å². The van der Waals surface area contributed by atoms with Crippen molar-refractivity contribution in [2.24, 2.45) is 0 Å². The van der Waals surface area contributed by atoms with Gasteiger partial charge in [-0.15, -0.1) is 10.2 Å². The number of likely N-dealkylation sites (tertiary alicyclic amines) is 1. The molecule has 3 fully saturated rings.